The highest BCUT2D eigenvalue weighted by molar-refractivity contribution is 6.42. The molecule has 1 aromatic rings. The van der Waals surface area contributed by atoms with Crippen LogP contribution in [0.15, 0.2) is 18.2 Å². The maximum absolute atomic E-state index is 12.3. The predicted octanol–water partition coefficient (Wildman–Crippen LogP) is 3.56. The van der Waals surface area contributed by atoms with E-state index in [9.17, 15) is 4.79 Å². The minimum atomic E-state index is -0.0672. The Morgan fingerprint density at radius 1 is 1.40 bits per heavy atom. The zero-order valence-electron chi connectivity index (χ0n) is 11.7. The Morgan fingerprint density at radius 3 is 2.80 bits per heavy atom. The van der Waals surface area contributed by atoms with Crippen molar-refractivity contribution in [2.45, 2.75) is 38.8 Å². The fourth-order valence-electron chi connectivity index (χ4n) is 2.57. The molecule has 20 heavy (non-hydrogen) atoms. The molecule has 1 aliphatic rings. The van der Waals surface area contributed by atoms with Crippen molar-refractivity contribution in [2.24, 2.45) is 5.92 Å². The van der Waals surface area contributed by atoms with Crippen molar-refractivity contribution < 1.29 is 4.79 Å². The lowest BCUT2D eigenvalue weighted by Gasteiger charge is -2.28. The smallest absolute Gasteiger partial charge is 0.223 e. The number of carbonyl (C=O) groups excluding carboxylic acids is 1. The van der Waals surface area contributed by atoms with E-state index >= 15 is 0 Å². The fraction of sp³-hybridized carbons (Fsp3) is 0.533. The molecular formula is C15H20Cl2N2O. The summed E-state index contributed by atoms with van der Waals surface area (Å²) in [5.41, 5.74) is 0.967. The topological polar surface area (TPSA) is 41.1 Å². The van der Waals surface area contributed by atoms with Crippen molar-refractivity contribution in [3.05, 3.63) is 33.8 Å². The third-order valence-electron chi connectivity index (χ3n) is 3.80. The lowest BCUT2D eigenvalue weighted by molar-refractivity contribution is -0.126. The number of amides is 1. The summed E-state index contributed by atoms with van der Waals surface area (Å²) in [6, 6.07) is 5.79. The van der Waals surface area contributed by atoms with Crippen LogP contribution in [0.1, 0.15) is 38.3 Å². The molecule has 5 heteroatoms. The predicted molar refractivity (Wildman–Crippen MR) is 83.2 cm³/mol. The van der Waals surface area contributed by atoms with E-state index in [1.54, 1.807) is 12.1 Å². The van der Waals surface area contributed by atoms with Crippen LogP contribution in [0.3, 0.4) is 0 Å². The summed E-state index contributed by atoms with van der Waals surface area (Å²) in [6.45, 7) is 4.98. The van der Waals surface area contributed by atoms with Crippen LogP contribution in [0.25, 0.3) is 0 Å². The van der Waals surface area contributed by atoms with E-state index in [2.05, 4.69) is 17.6 Å². The Balaban J connectivity index is 1.97. The maximum atomic E-state index is 12.3. The number of hydrogen-bond donors (Lipinski definition) is 2. The second kappa shape index (κ2) is 6.79. The minimum absolute atomic E-state index is 0.0672. The van der Waals surface area contributed by atoms with Gasteiger partial charge < -0.3 is 10.6 Å². The van der Waals surface area contributed by atoms with E-state index in [0.717, 1.165) is 24.9 Å². The molecule has 0 radical (unpaired) electrons. The first-order valence-electron chi connectivity index (χ1n) is 6.96. The average molecular weight is 315 g/mol. The number of hydrogen-bond acceptors (Lipinski definition) is 2. The molecule has 0 spiro atoms. The van der Waals surface area contributed by atoms with Crippen molar-refractivity contribution in [1.29, 1.82) is 0 Å². The Hall–Kier alpha value is -0.770. The minimum Gasteiger partial charge on any atom is -0.349 e. The van der Waals surface area contributed by atoms with Gasteiger partial charge in [-0.2, -0.15) is 0 Å². The number of piperidine rings is 1. The summed E-state index contributed by atoms with van der Waals surface area (Å²) in [5, 5.41) is 7.46. The largest absolute Gasteiger partial charge is 0.349 e. The van der Waals surface area contributed by atoms with Crippen LogP contribution in [-0.2, 0) is 4.79 Å². The molecule has 3 atom stereocenters. The molecule has 3 nitrogen and oxygen atoms in total. The highest BCUT2D eigenvalue weighted by atomic mass is 35.5. The van der Waals surface area contributed by atoms with Crippen molar-refractivity contribution in [3.63, 3.8) is 0 Å². The van der Waals surface area contributed by atoms with Gasteiger partial charge in [0.2, 0.25) is 5.91 Å². The van der Waals surface area contributed by atoms with Crippen LogP contribution >= 0.6 is 23.2 Å². The molecule has 2 rings (SSSR count). The van der Waals surface area contributed by atoms with Crippen LogP contribution in [0.4, 0.5) is 0 Å². The van der Waals surface area contributed by atoms with E-state index < -0.39 is 0 Å². The zero-order chi connectivity index (χ0) is 14.7. The number of halogens is 2. The van der Waals surface area contributed by atoms with E-state index in [0.29, 0.717) is 16.1 Å². The average Bonchev–Trinajstić information content (AvgIpc) is 2.41. The van der Waals surface area contributed by atoms with Crippen molar-refractivity contribution in [3.8, 4) is 0 Å². The number of rotatable bonds is 3. The molecule has 0 aromatic heterocycles. The molecule has 0 bridgehead atoms. The summed E-state index contributed by atoms with van der Waals surface area (Å²) in [7, 11) is 0. The second-order valence-electron chi connectivity index (χ2n) is 5.48. The van der Waals surface area contributed by atoms with Gasteiger partial charge in [0.05, 0.1) is 16.1 Å². The van der Waals surface area contributed by atoms with Crippen molar-refractivity contribution in [2.75, 3.05) is 6.54 Å². The van der Waals surface area contributed by atoms with Gasteiger partial charge in [0, 0.05) is 12.0 Å². The van der Waals surface area contributed by atoms with Crippen LogP contribution < -0.4 is 10.6 Å². The van der Waals surface area contributed by atoms with Crippen molar-refractivity contribution in [1.82, 2.24) is 10.6 Å². The van der Waals surface area contributed by atoms with Gasteiger partial charge in [-0.1, -0.05) is 29.3 Å². The first-order valence-corrected chi connectivity index (χ1v) is 7.71. The fourth-order valence-corrected chi connectivity index (χ4v) is 2.87. The molecule has 0 saturated carbocycles. The molecule has 1 fully saturated rings. The van der Waals surface area contributed by atoms with E-state index in [-0.39, 0.29) is 17.9 Å². The van der Waals surface area contributed by atoms with Gasteiger partial charge in [-0.15, -0.1) is 0 Å². The van der Waals surface area contributed by atoms with Crippen LogP contribution in [0, 0.1) is 5.92 Å². The number of nitrogens with one attached hydrogen (secondary N) is 2. The third kappa shape index (κ3) is 3.87. The highest BCUT2D eigenvalue weighted by Crippen LogP contribution is 2.26. The molecule has 0 aliphatic carbocycles. The van der Waals surface area contributed by atoms with Crippen molar-refractivity contribution >= 4 is 29.1 Å². The summed E-state index contributed by atoms with van der Waals surface area (Å²) in [4.78, 5) is 12.3. The monoisotopic (exact) mass is 314 g/mol. The Bertz CT molecular complexity index is 493. The van der Waals surface area contributed by atoms with E-state index in [1.807, 2.05) is 13.0 Å². The molecule has 1 aliphatic heterocycles. The Morgan fingerprint density at radius 2 is 2.15 bits per heavy atom. The standard InChI is InChI=1S/C15H20Cl2N2O/c1-9-7-12(5-6-18-9)15(20)19-10(2)11-3-4-13(16)14(17)8-11/h3-4,8-10,12,18H,5-7H2,1-2H3,(H,19,20). The van der Waals surface area contributed by atoms with E-state index in [1.165, 1.54) is 0 Å². The van der Waals surface area contributed by atoms with Gasteiger partial charge in [-0.25, -0.2) is 0 Å². The lowest BCUT2D eigenvalue weighted by atomic mass is 9.92. The molecule has 2 N–H and O–H groups in total. The maximum Gasteiger partial charge on any atom is 0.223 e. The molecule has 1 amide bonds. The highest BCUT2D eigenvalue weighted by Gasteiger charge is 2.25. The van der Waals surface area contributed by atoms with Crippen LogP contribution in [0.2, 0.25) is 10.0 Å². The first-order chi connectivity index (χ1) is 9.47. The molecule has 3 unspecified atom stereocenters. The second-order valence-corrected chi connectivity index (χ2v) is 6.29. The first kappa shape index (κ1) is 15.6. The van der Waals surface area contributed by atoms with Crippen LogP contribution in [0.5, 0.6) is 0 Å². The SMILES string of the molecule is CC1CC(C(=O)NC(C)c2ccc(Cl)c(Cl)c2)CCN1. The summed E-state index contributed by atoms with van der Waals surface area (Å²) in [5.74, 6) is 0.216. The molecule has 1 saturated heterocycles. The van der Waals surface area contributed by atoms with Gasteiger partial charge in [0.1, 0.15) is 0 Å². The zero-order valence-corrected chi connectivity index (χ0v) is 13.3. The van der Waals surface area contributed by atoms with Gasteiger partial charge in [0.15, 0.2) is 0 Å². The molecular weight excluding hydrogens is 295 g/mol. The Labute approximate surface area is 130 Å². The number of carbonyl (C=O) groups is 1. The Kier molecular flexibility index (Phi) is 5.30. The van der Waals surface area contributed by atoms with Gasteiger partial charge >= 0.3 is 0 Å². The normalized spacial score (nSPS) is 24.2. The quantitative estimate of drug-likeness (QED) is 0.895. The van der Waals surface area contributed by atoms with Gasteiger partial charge in [-0.05, 0) is 50.9 Å². The third-order valence-corrected chi connectivity index (χ3v) is 4.54. The summed E-state index contributed by atoms with van der Waals surface area (Å²) < 4.78 is 0. The summed E-state index contributed by atoms with van der Waals surface area (Å²) in [6.07, 6.45) is 1.78. The summed E-state index contributed by atoms with van der Waals surface area (Å²) >= 11 is 11.9. The molecule has 1 heterocycles. The van der Waals surface area contributed by atoms with Gasteiger partial charge in [0.25, 0.3) is 0 Å². The van der Waals surface area contributed by atoms with Gasteiger partial charge in [-0.3, -0.25) is 4.79 Å². The van der Waals surface area contributed by atoms with E-state index in [4.69, 9.17) is 23.2 Å². The van der Waals surface area contributed by atoms with Crippen LogP contribution in [-0.4, -0.2) is 18.5 Å². The number of benzene rings is 1. The molecule has 110 valence electrons. The lowest BCUT2D eigenvalue weighted by Crippen LogP contribution is -2.42. The molecule has 1 aromatic carbocycles.